The first kappa shape index (κ1) is 25.6. The Labute approximate surface area is 198 Å². The summed E-state index contributed by atoms with van der Waals surface area (Å²) in [6.45, 7) is 4.36. The van der Waals surface area contributed by atoms with Crippen molar-refractivity contribution in [3.05, 3.63) is 58.1 Å². The highest BCUT2D eigenvalue weighted by molar-refractivity contribution is 7.98. The smallest absolute Gasteiger partial charge is 0.243 e. The molecule has 0 saturated carbocycles. The largest absolute Gasteiger partial charge is 0.494 e. The highest BCUT2D eigenvalue weighted by Crippen LogP contribution is 2.25. The molecule has 0 aliphatic carbocycles. The number of hydrogen-bond acceptors (Lipinski definition) is 5. The van der Waals surface area contributed by atoms with E-state index in [0.29, 0.717) is 40.4 Å². The summed E-state index contributed by atoms with van der Waals surface area (Å²) >= 11 is 13.6. The Kier molecular flexibility index (Phi) is 9.81. The monoisotopic (exact) mass is 504 g/mol. The molecule has 0 spiro atoms. The predicted molar refractivity (Wildman–Crippen MR) is 130 cm³/mol. The third kappa shape index (κ3) is 7.79. The van der Waals surface area contributed by atoms with Crippen molar-refractivity contribution in [3.8, 4) is 5.75 Å². The van der Waals surface area contributed by atoms with Crippen molar-refractivity contribution < 1.29 is 17.9 Å². The number of ether oxygens (including phenoxy) is 1. The van der Waals surface area contributed by atoms with Crippen LogP contribution in [0, 0.1) is 0 Å². The fourth-order valence-corrected chi connectivity index (χ4v) is 5.18. The van der Waals surface area contributed by atoms with Crippen molar-refractivity contribution in [1.82, 2.24) is 5.32 Å². The molecule has 0 heterocycles. The normalized spacial score (nSPS) is 12.3. The molecule has 10 heteroatoms. The highest BCUT2D eigenvalue weighted by Gasteiger charge is 2.28. The maximum Gasteiger partial charge on any atom is 0.243 e. The SMILES string of the molecule is CCOc1ccc(N([C@@H](C)C(=O)NCCSCc2ccc(Cl)c(Cl)c2)S(C)(=O)=O)cc1. The van der Waals surface area contributed by atoms with Crippen LogP contribution in [0.15, 0.2) is 42.5 Å². The molecule has 0 fully saturated rings. The van der Waals surface area contributed by atoms with Crippen LogP contribution in [0.4, 0.5) is 5.69 Å². The van der Waals surface area contributed by atoms with E-state index in [1.807, 2.05) is 19.1 Å². The molecule has 2 rings (SSSR count). The average Bonchev–Trinajstić information content (AvgIpc) is 2.70. The Morgan fingerprint density at radius 1 is 1.16 bits per heavy atom. The second-order valence-electron chi connectivity index (χ2n) is 6.75. The molecule has 0 saturated heterocycles. The van der Waals surface area contributed by atoms with Gasteiger partial charge in [-0.25, -0.2) is 8.42 Å². The van der Waals surface area contributed by atoms with E-state index in [1.165, 1.54) is 0 Å². The molecule has 1 atom stereocenters. The lowest BCUT2D eigenvalue weighted by atomic mass is 10.2. The first-order valence-electron chi connectivity index (χ1n) is 9.65. The zero-order valence-corrected chi connectivity index (χ0v) is 20.7. The lowest BCUT2D eigenvalue weighted by molar-refractivity contribution is -0.121. The molecular formula is C21H26Cl2N2O4S2. The number of rotatable bonds is 11. The summed E-state index contributed by atoms with van der Waals surface area (Å²) in [5.74, 6) is 1.66. The summed E-state index contributed by atoms with van der Waals surface area (Å²) in [6, 6.07) is 11.2. The predicted octanol–water partition coefficient (Wildman–Crippen LogP) is 4.60. The summed E-state index contributed by atoms with van der Waals surface area (Å²) in [5, 5.41) is 3.83. The fourth-order valence-electron chi connectivity index (χ4n) is 2.88. The Hall–Kier alpha value is -1.61. The maximum atomic E-state index is 12.6. The maximum absolute atomic E-state index is 12.6. The third-order valence-electron chi connectivity index (χ3n) is 4.29. The van der Waals surface area contributed by atoms with Crippen LogP contribution in [-0.4, -0.2) is 45.5 Å². The molecule has 0 aliphatic heterocycles. The van der Waals surface area contributed by atoms with E-state index in [1.54, 1.807) is 49.0 Å². The molecular weight excluding hydrogens is 479 g/mol. The molecule has 2 aromatic carbocycles. The number of thioether (sulfide) groups is 1. The molecule has 1 amide bonds. The van der Waals surface area contributed by atoms with Gasteiger partial charge in [0, 0.05) is 18.1 Å². The van der Waals surface area contributed by atoms with Crippen LogP contribution < -0.4 is 14.4 Å². The average molecular weight is 505 g/mol. The van der Waals surface area contributed by atoms with Crippen molar-refractivity contribution in [1.29, 1.82) is 0 Å². The van der Waals surface area contributed by atoms with E-state index < -0.39 is 16.1 Å². The van der Waals surface area contributed by atoms with Crippen LogP contribution in [0.5, 0.6) is 5.75 Å². The van der Waals surface area contributed by atoms with Crippen LogP contribution in [0.25, 0.3) is 0 Å². The van der Waals surface area contributed by atoms with Gasteiger partial charge in [0.25, 0.3) is 0 Å². The molecule has 0 unspecified atom stereocenters. The Morgan fingerprint density at radius 3 is 2.42 bits per heavy atom. The number of benzene rings is 2. The quantitative estimate of drug-likeness (QED) is 0.452. The molecule has 170 valence electrons. The van der Waals surface area contributed by atoms with Gasteiger partial charge in [0.2, 0.25) is 15.9 Å². The van der Waals surface area contributed by atoms with E-state index in [9.17, 15) is 13.2 Å². The summed E-state index contributed by atoms with van der Waals surface area (Å²) in [5.41, 5.74) is 1.44. The Balaban J connectivity index is 1.91. The number of halogens is 2. The van der Waals surface area contributed by atoms with E-state index in [-0.39, 0.29) is 5.91 Å². The van der Waals surface area contributed by atoms with Gasteiger partial charge in [-0.2, -0.15) is 11.8 Å². The number of carbonyl (C=O) groups excluding carboxylic acids is 1. The molecule has 0 aliphatic rings. The zero-order chi connectivity index (χ0) is 23.0. The number of carbonyl (C=O) groups is 1. The van der Waals surface area contributed by atoms with Crippen LogP contribution in [0.2, 0.25) is 10.0 Å². The molecule has 0 radical (unpaired) electrons. The van der Waals surface area contributed by atoms with E-state index in [4.69, 9.17) is 27.9 Å². The summed E-state index contributed by atoms with van der Waals surface area (Å²) < 4.78 is 31.2. The fraction of sp³-hybridized carbons (Fsp3) is 0.381. The first-order chi connectivity index (χ1) is 14.6. The molecule has 0 bridgehead atoms. The van der Waals surface area contributed by atoms with Gasteiger partial charge < -0.3 is 10.1 Å². The molecule has 31 heavy (non-hydrogen) atoms. The van der Waals surface area contributed by atoms with Gasteiger partial charge in [0.15, 0.2) is 0 Å². The number of amides is 1. The van der Waals surface area contributed by atoms with Crippen LogP contribution in [0.3, 0.4) is 0 Å². The summed E-state index contributed by atoms with van der Waals surface area (Å²) in [6.07, 6.45) is 1.08. The lowest BCUT2D eigenvalue weighted by Crippen LogP contribution is -2.48. The van der Waals surface area contributed by atoms with Crippen molar-refractivity contribution in [3.63, 3.8) is 0 Å². The number of nitrogens with zero attached hydrogens (tertiary/aromatic N) is 1. The van der Waals surface area contributed by atoms with Gasteiger partial charge in [-0.05, 0) is 55.8 Å². The van der Waals surface area contributed by atoms with Gasteiger partial charge in [-0.15, -0.1) is 0 Å². The van der Waals surface area contributed by atoms with Gasteiger partial charge in [-0.1, -0.05) is 29.3 Å². The van der Waals surface area contributed by atoms with Crippen molar-refractivity contribution >= 4 is 56.6 Å². The highest BCUT2D eigenvalue weighted by atomic mass is 35.5. The van der Waals surface area contributed by atoms with Crippen LogP contribution in [-0.2, 0) is 20.6 Å². The van der Waals surface area contributed by atoms with Crippen LogP contribution in [0.1, 0.15) is 19.4 Å². The van der Waals surface area contributed by atoms with Crippen molar-refractivity contribution in [2.45, 2.75) is 25.6 Å². The minimum atomic E-state index is -3.66. The van der Waals surface area contributed by atoms with Gasteiger partial charge in [0.1, 0.15) is 11.8 Å². The van der Waals surface area contributed by atoms with Gasteiger partial charge >= 0.3 is 0 Å². The van der Waals surface area contributed by atoms with Gasteiger partial charge in [-0.3, -0.25) is 9.10 Å². The number of sulfonamides is 1. The summed E-state index contributed by atoms with van der Waals surface area (Å²) in [4.78, 5) is 12.6. The van der Waals surface area contributed by atoms with E-state index >= 15 is 0 Å². The van der Waals surface area contributed by atoms with E-state index in [2.05, 4.69) is 5.32 Å². The molecule has 6 nitrogen and oxygen atoms in total. The number of hydrogen-bond donors (Lipinski definition) is 1. The third-order valence-corrected chi connectivity index (χ3v) is 7.30. The lowest BCUT2D eigenvalue weighted by Gasteiger charge is -2.28. The number of nitrogens with one attached hydrogen (secondary N) is 1. The number of anilines is 1. The minimum absolute atomic E-state index is 0.366. The second kappa shape index (κ2) is 11.9. The summed E-state index contributed by atoms with van der Waals surface area (Å²) in [7, 11) is -3.66. The van der Waals surface area contributed by atoms with Gasteiger partial charge in [0.05, 0.1) is 28.6 Å². The van der Waals surface area contributed by atoms with Crippen molar-refractivity contribution in [2.24, 2.45) is 0 Å². The molecule has 1 N–H and O–H groups in total. The Bertz CT molecular complexity index is 985. The van der Waals surface area contributed by atoms with Crippen molar-refractivity contribution in [2.75, 3.05) is 29.5 Å². The van der Waals surface area contributed by atoms with Crippen LogP contribution >= 0.6 is 35.0 Å². The van der Waals surface area contributed by atoms with E-state index in [0.717, 1.165) is 21.9 Å². The second-order valence-corrected chi connectivity index (χ2v) is 10.5. The molecule has 0 aromatic heterocycles. The topological polar surface area (TPSA) is 75.7 Å². The first-order valence-corrected chi connectivity index (χ1v) is 13.4. The standard InChI is InChI=1S/C21H26Cl2N2O4S2/c1-4-29-18-8-6-17(7-9-18)25(31(3,27)28)15(2)21(26)24-11-12-30-14-16-5-10-19(22)20(23)13-16/h5-10,13,15H,4,11-12,14H2,1-3H3,(H,24,26)/t15-/m0/s1. The molecule has 2 aromatic rings. The minimum Gasteiger partial charge on any atom is -0.494 e. The Morgan fingerprint density at radius 2 is 1.84 bits per heavy atom. The zero-order valence-electron chi connectivity index (χ0n) is 17.6.